The van der Waals surface area contributed by atoms with Gasteiger partial charge in [-0.3, -0.25) is 9.59 Å². The van der Waals surface area contributed by atoms with E-state index >= 15 is 0 Å². The van der Waals surface area contributed by atoms with E-state index in [1.165, 1.54) is 56.7 Å². The average Bonchev–Trinajstić information content (AvgIpc) is 2.74. The lowest BCUT2D eigenvalue weighted by Gasteiger charge is -2.08. The first-order valence-corrected chi connectivity index (χ1v) is 12.4. The molecule has 1 aromatic carbocycles. The van der Waals surface area contributed by atoms with Crippen LogP contribution in [0.25, 0.3) is 0 Å². The van der Waals surface area contributed by atoms with Crippen LogP contribution in [0, 0.1) is 0 Å². The maximum atomic E-state index is 11.9. The van der Waals surface area contributed by atoms with Crippen molar-refractivity contribution in [3.05, 3.63) is 24.3 Å². The smallest absolute Gasteiger partial charge is 0.303 e. The number of carboxylic acid groups (broad SMARTS) is 1. The zero-order chi connectivity index (χ0) is 21.9. The van der Waals surface area contributed by atoms with Crippen LogP contribution in [0.3, 0.4) is 0 Å². The van der Waals surface area contributed by atoms with Gasteiger partial charge in [-0.1, -0.05) is 51.9 Å². The fourth-order valence-corrected chi connectivity index (χ4v) is 3.79. The Hall–Kier alpha value is -1.69. The van der Waals surface area contributed by atoms with E-state index in [0.717, 1.165) is 31.0 Å². The average molecular weight is 439 g/mol. The van der Waals surface area contributed by atoms with Crippen LogP contribution in [0.1, 0.15) is 77.6 Å². The second kappa shape index (κ2) is 18.1. The van der Waals surface area contributed by atoms with Gasteiger partial charge in [-0.05, 0) is 49.3 Å². The van der Waals surface area contributed by atoms with Crippen molar-refractivity contribution in [1.29, 1.82) is 0 Å². The van der Waals surface area contributed by atoms with Gasteiger partial charge in [-0.15, -0.1) is 0 Å². The highest BCUT2D eigenvalue weighted by atomic mass is 32.2. The predicted molar refractivity (Wildman–Crippen MR) is 124 cm³/mol. The topological polar surface area (TPSA) is 72.8 Å². The molecule has 0 saturated carbocycles. The first-order valence-electron chi connectivity index (χ1n) is 11.3. The molecule has 0 atom stereocenters. The van der Waals surface area contributed by atoms with E-state index in [2.05, 4.69) is 6.92 Å². The number of ketones is 1. The lowest BCUT2D eigenvalue weighted by Crippen LogP contribution is -2.13. The third-order valence-corrected chi connectivity index (χ3v) is 5.79. The molecular weight excluding hydrogens is 400 g/mol. The zero-order valence-electron chi connectivity index (χ0n) is 18.4. The Bertz CT molecular complexity index is 573. The van der Waals surface area contributed by atoms with Crippen LogP contribution in [0.4, 0.5) is 0 Å². The van der Waals surface area contributed by atoms with E-state index in [4.69, 9.17) is 14.6 Å². The molecule has 0 saturated heterocycles. The fourth-order valence-electron chi connectivity index (χ4n) is 2.93. The molecule has 1 N–H and O–H groups in total. The van der Waals surface area contributed by atoms with Gasteiger partial charge in [0, 0.05) is 6.42 Å². The highest BCUT2D eigenvalue weighted by molar-refractivity contribution is 7.99. The molecule has 1 aromatic rings. The molecule has 0 heterocycles. The maximum Gasteiger partial charge on any atom is 0.303 e. The number of Topliss-reactive ketones (excluding diaryl/α,β-unsaturated/α-hetero) is 1. The molecule has 0 aliphatic carbocycles. The summed E-state index contributed by atoms with van der Waals surface area (Å²) >= 11 is 1.53. The van der Waals surface area contributed by atoms with Gasteiger partial charge >= 0.3 is 5.97 Å². The number of aliphatic carboxylic acids is 1. The molecule has 1 rings (SSSR count). The Morgan fingerprint density at radius 2 is 1.43 bits per heavy atom. The largest absolute Gasteiger partial charge is 0.494 e. The highest BCUT2D eigenvalue weighted by Crippen LogP contribution is 2.18. The summed E-state index contributed by atoms with van der Waals surface area (Å²) in [5.41, 5.74) is 0. The van der Waals surface area contributed by atoms with Crippen molar-refractivity contribution in [3.8, 4) is 11.5 Å². The monoisotopic (exact) mass is 438 g/mol. The van der Waals surface area contributed by atoms with Crippen molar-refractivity contribution in [1.82, 2.24) is 0 Å². The molecule has 0 unspecified atom stereocenters. The zero-order valence-corrected chi connectivity index (χ0v) is 19.2. The summed E-state index contributed by atoms with van der Waals surface area (Å²) in [6, 6.07) is 7.41. The lowest BCUT2D eigenvalue weighted by molar-refractivity contribution is -0.137. The molecule has 0 aliphatic rings. The molecule has 0 bridgehead atoms. The van der Waals surface area contributed by atoms with Crippen molar-refractivity contribution in [2.75, 3.05) is 24.7 Å². The summed E-state index contributed by atoms with van der Waals surface area (Å²) in [5.74, 6) is 1.95. The van der Waals surface area contributed by atoms with Gasteiger partial charge in [0.15, 0.2) is 5.78 Å². The summed E-state index contributed by atoms with van der Waals surface area (Å²) in [6.07, 6.45) is 11.9. The van der Waals surface area contributed by atoms with Gasteiger partial charge in [0.05, 0.1) is 12.4 Å². The van der Waals surface area contributed by atoms with Crippen LogP contribution in [-0.4, -0.2) is 41.6 Å². The summed E-state index contributed by atoms with van der Waals surface area (Å²) in [5, 5.41) is 8.57. The minimum atomic E-state index is -0.769. The predicted octanol–water partition coefficient (Wildman–Crippen LogP) is 6.14. The second-order valence-corrected chi connectivity index (χ2v) is 8.63. The Balaban J connectivity index is 2.04. The van der Waals surface area contributed by atoms with Crippen LogP contribution in [-0.2, 0) is 9.59 Å². The normalized spacial score (nSPS) is 10.7. The second-order valence-electron chi connectivity index (χ2n) is 7.53. The van der Waals surface area contributed by atoms with E-state index < -0.39 is 5.97 Å². The molecule has 170 valence electrons. The number of rotatable bonds is 20. The van der Waals surface area contributed by atoms with Crippen LogP contribution in [0.2, 0.25) is 0 Å². The van der Waals surface area contributed by atoms with Crippen molar-refractivity contribution >= 4 is 23.5 Å². The molecule has 0 fully saturated rings. The molecule has 6 heteroatoms. The number of carbonyl (C=O) groups excluding carboxylic acids is 1. The number of hydrogen-bond donors (Lipinski definition) is 1. The number of unbranched alkanes of at least 4 members (excludes halogenated alkanes) is 8. The highest BCUT2D eigenvalue weighted by Gasteiger charge is 2.05. The van der Waals surface area contributed by atoms with Gasteiger partial charge in [-0.25, -0.2) is 0 Å². The molecule has 0 spiro atoms. The van der Waals surface area contributed by atoms with Gasteiger partial charge in [0.2, 0.25) is 0 Å². The first-order chi connectivity index (χ1) is 14.6. The minimum Gasteiger partial charge on any atom is -0.494 e. The number of ether oxygens (including phenoxy) is 2. The van der Waals surface area contributed by atoms with E-state index in [9.17, 15) is 9.59 Å². The molecule has 0 aliphatic heterocycles. The van der Waals surface area contributed by atoms with E-state index in [1.807, 2.05) is 24.3 Å². The van der Waals surface area contributed by atoms with Gasteiger partial charge in [0.1, 0.15) is 18.1 Å². The van der Waals surface area contributed by atoms with Crippen LogP contribution >= 0.6 is 11.8 Å². The molecule has 30 heavy (non-hydrogen) atoms. The Labute approximate surface area is 185 Å². The number of carboxylic acids is 1. The summed E-state index contributed by atoms with van der Waals surface area (Å²) in [4.78, 5) is 22.3. The third-order valence-electron chi connectivity index (χ3n) is 4.68. The summed E-state index contributed by atoms with van der Waals surface area (Å²) in [7, 11) is 0. The minimum absolute atomic E-state index is 0.0354. The SMILES string of the molecule is CCCCCCCCCCOc1ccc(OCC(=O)CSCCCCC(=O)O)cc1. The molecule has 0 aromatic heterocycles. The number of carbonyl (C=O) groups is 2. The van der Waals surface area contributed by atoms with E-state index in [1.54, 1.807) is 0 Å². The van der Waals surface area contributed by atoms with Gasteiger partial charge in [0.25, 0.3) is 0 Å². The number of benzene rings is 1. The van der Waals surface area contributed by atoms with Crippen molar-refractivity contribution in [2.24, 2.45) is 0 Å². The standard InChI is InChI=1S/C24H38O5S/c1-2-3-4-5-6-7-8-10-17-28-22-13-15-23(16-14-22)29-19-21(25)20-30-18-11-9-12-24(26)27/h13-16H,2-12,17-20H2,1H3,(H,26,27). The maximum absolute atomic E-state index is 11.9. The van der Waals surface area contributed by atoms with Gasteiger partial charge in [-0.2, -0.15) is 11.8 Å². The molecule has 5 nitrogen and oxygen atoms in total. The van der Waals surface area contributed by atoms with Crippen molar-refractivity contribution < 1.29 is 24.2 Å². The van der Waals surface area contributed by atoms with Crippen molar-refractivity contribution in [3.63, 3.8) is 0 Å². The Kier molecular flexibility index (Phi) is 15.9. The molecule has 0 radical (unpaired) electrons. The quantitative estimate of drug-likeness (QED) is 0.246. The lowest BCUT2D eigenvalue weighted by atomic mass is 10.1. The van der Waals surface area contributed by atoms with Gasteiger partial charge < -0.3 is 14.6 Å². The molecule has 0 amide bonds. The molecular formula is C24H38O5S. The first kappa shape index (κ1) is 26.3. The number of thioether (sulfide) groups is 1. The fraction of sp³-hybridized carbons (Fsp3) is 0.667. The van der Waals surface area contributed by atoms with Crippen LogP contribution in [0.5, 0.6) is 11.5 Å². The number of hydrogen-bond acceptors (Lipinski definition) is 5. The summed E-state index contributed by atoms with van der Waals surface area (Å²) < 4.78 is 11.3. The van der Waals surface area contributed by atoms with Crippen molar-refractivity contribution in [2.45, 2.75) is 77.6 Å². The van der Waals surface area contributed by atoms with Crippen LogP contribution < -0.4 is 9.47 Å². The van der Waals surface area contributed by atoms with Crippen LogP contribution in [0.15, 0.2) is 24.3 Å². The van der Waals surface area contributed by atoms with E-state index in [-0.39, 0.29) is 18.8 Å². The van der Waals surface area contributed by atoms with E-state index in [0.29, 0.717) is 17.9 Å². The Morgan fingerprint density at radius 3 is 2.07 bits per heavy atom. The Morgan fingerprint density at radius 1 is 0.833 bits per heavy atom. The third kappa shape index (κ3) is 15.2. The summed E-state index contributed by atoms with van der Waals surface area (Å²) in [6.45, 7) is 3.03.